The highest BCUT2D eigenvalue weighted by Gasteiger charge is 2.30. The Bertz CT molecular complexity index is 177. The van der Waals surface area contributed by atoms with Crippen molar-refractivity contribution in [3.8, 4) is 0 Å². The van der Waals surface area contributed by atoms with Gasteiger partial charge in [0.05, 0.1) is 6.42 Å². The van der Waals surface area contributed by atoms with E-state index in [1.807, 2.05) is 0 Å². The van der Waals surface area contributed by atoms with Gasteiger partial charge in [-0.05, 0) is 12.8 Å². The number of hydrogen-bond donors (Lipinski definition) is 3. The van der Waals surface area contributed by atoms with Crippen molar-refractivity contribution in [2.45, 2.75) is 31.7 Å². The monoisotopic (exact) mass is 190 g/mol. The van der Waals surface area contributed by atoms with Crippen LogP contribution in [0.25, 0.3) is 0 Å². The Hall–Kier alpha value is -0.690. The van der Waals surface area contributed by atoms with E-state index in [0.717, 1.165) is 0 Å². The minimum atomic E-state index is -0.666. The van der Waals surface area contributed by atoms with Gasteiger partial charge in [-0.3, -0.25) is 9.69 Å². The maximum atomic E-state index is 10.6. The van der Waals surface area contributed by atoms with Crippen LogP contribution in [0, 0.1) is 0 Å². The second kappa shape index (κ2) is 4.52. The van der Waals surface area contributed by atoms with Crippen molar-refractivity contribution in [3.63, 3.8) is 0 Å². The molecule has 2 atom stereocenters. The molecule has 1 heterocycles. The molecule has 1 aliphatic heterocycles. The molecule has 1 saturated heterocycles. The first-order valence-corrected chi connectivity index (χ1v) is 4.16. The van der Waals surface area contributed by atoms with E-state index in [4.69, 9.17) is 0 Å². The summed E-state index contributed by atoms with van der Waals surface area (Å²) in [5.74, 6) is 4.08. The molecule has 1 fully saturated rings. The second-order valence-corrected chi connectivity index (χ2v) is 3.02. The molecule has 0 saturated carbocycles. The molecular weight excluding hydrogens is 176 g/mol. The summed E-state index contributed by atoms with van der Waals surface area (Å²) in [6, 6.07) is 0. The minimum absolute atomic E-state index is 0.0740. The van der Waals surface area contributed by atoms with Crippen LogP contribution < -0.4 is 5.90 Å². The third kappa shape index (κ3) is 2.63. The lowest BCUT2D eigenvalue weighted by molar-refractivity contribution is -0.145. The van der Waals surface area contributed by atoms with Crippen LogP contribution in [0.3, 0.4) is 0 Å². The van der Waals surface area contributed by atoms with E-state index in [9.17, 15) is 15.0 Å². The third-order valence-electron chi connectivity index (χ3n) is 2.15. The Labute approximate surface area is 75.8 Å². The fourth-order valence-corrected chi connectivity index (χ4v) is 1.41. The first-order valence-electron chi connectivity index (χ1n) is 4.16. The first kappa shape index (κ1) is 10.4. The molecule has 0 radical (unpaired) electrons. The van der Waals surface area contributed by atoms with Crippen molar-refractivity contribution in [2.24, 2.45) is 5.90 Å². The summed E-state index contributed by atoms with van der Waals surface area (Å²) in [5, 5.41) is 18.7. The SMILES string of the molecule is NOC(=O)CCN1[C@H](O)CC[C@@H]1O. The summed E-state index contributed by atoms with van der Waals surface area (Å²) < 4.78 is 0. The highest BCUT2D eigenvalue weighted by Crippen LogP contribution is 2.20. The summed E-state index contributed by atoms with van der Waals surface area (Å²) in [6.45, 7) is 0.262. The Morgan fingerprint density at radius 1 is 1.46 bits per heavy atom. The van der Waals surface area contributed by atoms with Gasteiger partial charge in [0.15, 0.2) is 0 Å². The van der Waals surface area contributed by atoms with Gasteiger partial charge < -0.3 is 15.1 Å². The molecule has 0 spiro atoms. The van der Waals surface area contributed by atoms with Crippen molar-refractivity contribution in [3.05, 3.63) is 0 Å². The molecule has 76 valence electrons. The molecule has 0 aromatic carbocycles. The minimum Gasteiger partial charge on any atom is -0.378 e. The standard InChI is InChI=1S/C7H14N2O4/c8-13-7(12)3-4-9-5(10)1-2-6(9)11/h5-6,10-11H,1-4,8H2/t5-,6+. The second-order valence-electron chi connectivity index (χ2n) is 3.02. The molecule has 6 heteroatoms. The number of rotatable bonds is 3. The Morgan fingerprint density at radius 3 is 2.46 bits per heavy atom. The average molecular weight is 190 g/mol. The number of carbonyl (C=O) groups excluding carboxylic acids is 1. The van der Waals surface area contributed by atoms with Gasteiger partial charge in [-0.15, -0.1) is 0 Å². The van der Waals surface area contributed by atoms with Crippen molar-refractivity contribution in [1.29, 1.82) is 0 Å². The van der Waals surface area contributed by atoms with E-state index < -0.39 is 18.4 Å². The molecule has 0 bridgehead atoms. The predicted molar refractivity (Wildman–Crippen MR) is 42.9 cm³/mol. The van der Waals surface area contributed by atoms with Crippen LogP contribution in [0.5, 0.6) is 0 Å². The van der Waals surface area contributed by atoms with E-state index in [1.54, 1.807) is 0 Å². The summed E-state index contributed by atoms with van der Waals surface area (Å²) >= 11 is 0. The molecule has 4 N–H and O–H groups in total. The maximum Gasteiger partial charge on any atom is 0.325 e. The molecule has 13 heavy (non-hydrogen) atoms. The molecular formula is C7H14N2O4. The molecule has 0 aliphatic carbocycles. The lowest BCUT2D eigenvalue weighted by Gasteiger charge is -2.22. The van der Waals surface area contributed by atoms with Crippen LogP contribution in [0.4, 0.5) is 0 Å². The number of nitrogens with two attached hydrogens (primary N) is 1. The van der Waals surface area contributed by atoms with Gasteiger partial charge >= 0.3 is 5.97 Å². The molecule has 1 rings (SSSR count). The third-order valence-corrected chi connectivity index (χ3v) is 2.15. The van der Waals surface area contributed by atoms with Crippen LogP contribution in [0.2, 0.25) is 0 Å². The average Bonchev–Trinajstić information content (AvgIpc) is 2.43. The van der Waals surface area contributed by atoms with Gasteiger partial charge in [-0.1, -0.05) is 0 Å². The fourth-order valence-electron chi connectivity index (χ4n) is 1.41. The van der Waals surface area contributed by atoms with Gasteiger partial charge in [-0.25, -0.2) is 0 Å². The number of carbonyl (C=O) groups is 1. The first-order chi connectivity index (χ1) is 6.15. The van der Waals surface area contributed by atoms with Gasteiger partial charge in [-0.2, -0.15) is 5.90 Å². The zero-order valence-corrected chi connectivity index (χ0v) is 7.22. The van der Waals surface area contributed by atoms with Crippen molar-refractivity contribution in [2.75, 3.05) is 6.54 Å². The molecule has 1 aliphatic rings. The quantitative estimate of drug-likeness (QED) is 0.470. The number of aliphatic hydroxyl groups is 2. The van der Waals surface area contributed by atoms with E-state index in [2.05, 4.69) is 10.7 Å². The van der Waals surface area contributed by atoms with Crippen LogP contribution >= 0.6 is 0 Å². The zero-order chi connectivity index (χ0) is 9.84. The van der Waals surface area contributed by atoms with E-state index in [-0.39, 0.29) is 13.0 Å². The van der Waals surface area contributed by atoms with Gasteiger partial charge in [0, 0.05) is 6.54 Å². The number of nitrogens with zero attached hydrogens (tertiary/aromatic N) is 1. The van der Waals surface area contributed by atoms with Gasteiger partial charge in [0.25, 0.3) is 0 Å². The Balaban J connectivity index is 2.31. The van der Waals surface area contributed by atoms with Crippen LogP contribution in [-0.4, -0.2) is 40.1 Å². The number of hydrogen-bond acceptors (Lipinski definition) is 6. The summed E-state index contributed by atoms with van der Waals surface area (Å²) in [7, 11) is 0. The fraction of sp³-hybridized carbons (Fsp3) is 0.857. The topological polar surface area (TPSA) is 96.0 Å². The predicted octanol–water partition coefficient (Wildman–Crippen LogP) is -1.47. The maximum absolute atomic E-state index is 10.6. The molecule has 0 amide bonds. The number of aliphatic hydroxyl groups excluding tert-OH is 2. The zero-order valence-electron chi connectivity index (χ0n) is 7.22. The molecule has 6 nitrogen and oxygen atoms in total. The van der Waals surface area contributed by atoms with Crippen LogP contribution in [0.1, 0.15) is 19.3 Å². The number of likely N-dealkylation sites (tertiary alicyclic amines) is 1. The highest BCUT2D eigenvalue weighted by atomic mass is 16.7. The van der Waals surface area contributed by atoms with Gasteiger partial charge in [0.1, 0.15) is 12.5 Å². The Morgan fingerprint density at radius 2 is 2.00 bits per heavy atom. The van der Waals surface area contributed by atoms with Crippen molar-refractivity contribution >= 4 is 5.97 Å². The summed E-state index contributed by atoms with van der Waals surface area (Å²) in [5.41, 5.74) is 0. The molecule has 0 aromatic heterocycles. The van der Waals surface area contributed by atoms with E-state index >= 15 is 0 Å². The van der Waals surface area contributed by atoms with Gasteiger partial charge in [0.2, 0.25) is 0 Å². The molecule has 0 unspecified atom stereocenters. The Kier molecular flexibility index (Phi) is 3.61. The van der Waals surface area contributed by atoms with Crippen molar-refractivity contribution in [1.82, 2.24) is 4.90 Å². The van der Waals surface area contributed by atoms with Crippen molar-refractivity contribution < 1.29 is 19.8 Å². The normalized spacial score (nSPS) is 29.2. The lowest BCUT2D eigenvalue weighted by Crippen LogP contribution is -2.37. The summed E-state index contributed by atoms with van der Waals surface area (Å²) in [6.07, 6.45) is -0.205. The van der Waals surface area contributed by atoms with Crippen LogP contribution in [-0.2, 0) is 9.63 Å². The molecule has 0 aromatic rings. The largest absolute Gasteiger partial charge is 0.378 e. The smallest absolute Gasteiger partial charge is 0.325 e. The van der Waals surface area contributed by atoms with E-state index in [1.165, 1.54) is 4.90 Å². The summed E-state index contributed by atoms with van der Waals surface area (Å²) in [4.78, 5) is 16.0. The highest BCUT2D eigenvalue weighted by molar-refractivity contribution is 5.69. The lowest BCUT2D eigenvalue weighted by atomic mass is 10.3. The van der Waals surface area contributed by atoms with Crippen LogP contribution in [0.15, 0.2) is 0 Å². The van der Waals surface area contributed by atoms with E-state index in [0.29, 0.717) is 12.8 Å².